The predicted molar refractivity (Wildman–Crippen MR) is 120 cm³/mol. The fourth-order valence-corrected chi connectivity index (χ4v) is 4.62. The van der Waals surface area contributed by atoms with Gasteiger partial charge in [0.15, 0.2) is 0 Å². The van der Waals surface area contributed by atoms with Crippen molar-refractivity contribution < 1.29 is 18.0 Å². The number of hydrogen-bond acceptors (Lipinski definition) is 3. The van der Waals surface area contributed by atoms with Crippen LogP contribution in [0.15, 0.2) is 48.9 Å². The Labute approximate surface area is 191 Å². The Hall–Kier alpha value is -3.16. The SMILES string of the molecule is Cc1ccc(-c2cn[nH]c2)c(C(=O)N2CCC[C@@H](C)[C@H]2CCc2ccc(C(F)(F)F)cn2)c1. The number of alkyl halides is 3. The number of hydrogen-bond donors (Lipinski definition) is 1. The lowest BCUT2D eigenvalue weighted by Gasteiger charge is -2.40. The zero-order valence-corrected chi connectivity index (χ0v) is 18.7. The average molecular weight is 457 g/mol. The van der Waals surface area contributed by atoms with E-state index in [0.29, 0.717) is 36.6 Å². The summed E-state index contributed by atoms with van der Waals surface area (Å²) in [7, 11) is 0. The lowest BCUT2D eigenvalue weighted by molar-refractivity contribution is -0.137. The highest BCUT2D eigenvalue weighted by molar-refractivity contribution is 6.01. The van der Waals surface area contributed by atoms with Crippen LogP contribution in [0, 0.1) is 12.8 Å². The Morgan fingerprint density at radius 1 is 1.21 bits per heavy atom. The van der Waals surface area contributed by atoms with Gasteiger partial charge < -0.3 is 4.90 Å². The molecule has 1 saturated heterocycles. The normalized spacial score (nSPS) is 19.0. The largest absolute Gasteiger partial charge is 0.417 e. The van der Waals surface area contributed by atoms with Crippen LogP contribution >= 0.6 is 0 Å². The van der Waals surface area contributed by atoms with Crippen LogP contribution in [-0.2, 0) is 12.6 Å². The zero-order chi connectivity index (χ0) is 23.6. The first-order chi connectivity index (χ1) is 15.7. The van der Waals surface area contributed by atoms with Gasteiger partial charge in [0.1, 0.15) is 0 Å². The smallest absolute Gasteiger partial charge is 0.335 e. The van der Waals surface area contributed by atoms with Gasteiger partial charge in [-0.05, 0) is 62.3 Å². The van der Waals surface area contributed by atoms with Crippen molar-refractivity contribution in [1.82, 2.24) is 20.1 Å². The number of halogens is 3. The standard InChI is InChI=1S/C25H27F3N4O/c1-16-5-9-21(18-13-30-31-14-18)22(12-16)24(33)32-11-3-4-17(2)23(32)10-8-20-7-6-19(15-29-20)25(26,27)28/h5-7,9,12-15,17,23H,3-4,8,10-11H2,1-2H3,(H,30,31)/t17-,23-/m1/s1. The number of nitrogens with one attached hydrogen (secondary N) is 1. The van der Waals surface area contributed by atoms with Gasteiger partial charge in [-0.2, -0.15) is 18.3 Å². The summed E-state index contributed by atoms with van der Waals surface area (Å²) in [6, 6.07) is 8.33. The highest BCUT2D eigenvalue weighted by Gasteiger charge is 2.34. The molecule has 2 aromatic heterocycles. The van der Waals surface area contributed by atoms with Crippen molar-refractivity contribution in [3.8, 4) is 11.1 Å². The minimum atomic E-state index is -4.40. The van der Waals surface area contributed by atoms with Gasteiger partial charge in [0, 0.05) is 41.8 Å². The van der Waals surface area contributed by atoms with Crippen molar-refractivity contribution in [2.24, 2.45) is 5.92 Å². The van der Waals surface area contributed by atoms with E-state index in [1.54, 1.807) is 12.4 Å². The van der Waals surface area contributed by atoms with E-state index in [-0.39, 0.29) is 11.9 Å². The summed E-state index contributed by atoms with van der Waals surface area (Å²) in [4.78, 5) is 19.7. The van der Waals surface area contributed by atoms with Gasteiger partial charge >= 0.3 is 6.18 Å². The number of pyridine rings is 1. The molecule has 1 N–H and O–H groups in total. The third-order valence-electron chi connectivity index (χ3n) is 6.44. The molecule has 0 aliphatic carbocycles. The molecular weight excluding hydrogens is 429 g/mol. The highest BCUT2D eigenvalue weighted by atomic mass is 19.4. The Morgan fingerprint density at radius 2 is 2.03 bits per heavy atom. The molecule has 0 bridgehead atoms. The molecule has 1 amide bonds. The molecule has 5 nitrogen and oxygen atoms in total. The number of amides is 1. The van der Waals surface area contributed by atoms with Crippen molar-refractivity contribution in [1.29, 1.82) is 0 Å². The quantitative estimate of drug-likeness (QED) is 0.538. The van der Waals surface area contributed by atoms with E-state index in [0.717, 1.165) is 41.8 Å². The number of benzene rings is 1. The van der Waals surface area contributed by atoms with E-state index in [4.69, 9.17) is 0 Å². The van der Waals surface area contributed by atoms with Gasteiger partial charge in [-0.15, -0.1) is 0 Å². The van der Waals surface area contributed by atoms with Gasteiger partial charge in [0.05, 0.1) is 11.8 Å². The number of rotatable bonds is 5. The van der Waals surface area contributed by atoms with E-state index in [2.05, 4.69) is 22.1 Å². The van der Waals surface area contributed by atoms with Gasteiger partial charge in [0.2, 0.25) is 0 Å². The second kappa shape index (κ2) is 9.37. The Balaban J connectivity index is 1.55. The van der Waals surface area contributed by atoms with Crippen LogP contribution in [-0.4, -0.2) is 38.6 Å². The predicted octanol–water partition coefficient (Wildman–Crippen LogP) is 5.67. The fraction of sp³-hybridized carbons (Fsp3) is 0.400. The molecule has 2 atom stereocenters. The number of piperidine rings is 1. The average Bonchev–Trinajstić information content (AvgIpc) is 3.32. The number of H-pyrrole nitrogens is 1. The van der Waals surface area contributed by atoms with Crippen LogP contribution in [0.25, 0.3) is 11.1 Å². The second-order valence-corrected chi connectivity index (χ2v) is 8.80. The molecule has 33 heavy (non-hydrogen) atoms. The minimum Gasteiger partial charge on any atom is -0.335 e. The van der Waals surface area contributed by atoms with Crippen molar-refractivity contribution in [2.45, 2.75) is 51.7 Å². The first-order valence-electron chi connectivity index (χ1n) is 11.2. The maximum Gasteiger partial charge on any atom is 0.417 e. The van der Waals surface area contributed by atoms with Gasteiger partial charge in [-0.25, -0.2) is 0 Å². The number of likely N-dealkylation sites (tertiary alicyclic amines) is 1. The third-order valence-corrected chi connectivity index (χ3v) is 6.44. The van der Waals surface area contributed by atoms with Crippen LogP contribution in [0.3, 0.4) is 0 Å². The molecule has 1 aliphatic rings. The van der Waals surface area contributed by atoms with E-state index in [1.807, 2.05) is 30.0 Å². The van der Waals surface area contributed by atoms with Gasteiger partial charge in [-0.1, -0.05) is 24.6 Å². The molecule has 0 unspecified atom stereocenters. The molecule has 0 saturated carbocycles. The van der Waals surface area contributed by atoms with Gasteiger partial charge in [-0.3, -0.25) is 14.9 Å². The van der Waals surface area contributed by atoms with Crippen LogP contribution in [0.2, 0.25) is 0 Å². The number of aromatic nitrogens is 3. The van der Waals surface area contributed by atoms with Crippen molar-refractivity contribution in [3.05, 3.63) is 71.3 Å². The molecule has 1 aliphatic heterocycles. The number of aryl methyl sites for hydroxylation is 2. The molecule has 8 heteroatoms. The van der Waals surface area contributed by atoms with E-state index < -0.39 is 11.7 Å². The van der Waals surface area contributed by atoms with Crippen molar-refractivity contribution in [2.75, 3.05) is 6.54 Å². The lowest BCUT2D eigenvalue weighted by Crippen LogP contribution is -2.48. The van der Waals surface area contributed by atoms with Crippen molar-refractivity contribution >= 4 is 5.91 Å². The first kappa shape index (κ1) is 23.0. The molecule has 1 fully saturated rings. The van der Waals surface area contributed by atoms with E-state index in [9.17, 15) is 18.0 Å². The van der Waals surface area contributed by atoms with Crippen molar-refractivity contribution in [3.63, 3.8) is 0 Å². The number of carbonyl (C=O) groups is 1. The molecule has 0 radical (unpaired) electrons. The number of carbonyl (C=O) groups excluding carboxylic acids is 1. The maximum atomic E-state index is 13.7. The second-order valence-electron chi connectivity index (χ2n) is 8.80. The van der Waals surface area contributed by atoms with E-state index >= 15 is 0 Å². The number of nitrogens with zero attached hydrogens (tertiary/aromatic N) is 3. The lowest BCUT2D eigenvalue weighted by atomic mass is 9.86. The van der Waals surface area contributed by atoms with E-state index in [1.165, 1.54) is 6.07 Å². The summed E-state index contributed by atoms with van der Waals surface area (Å²) >= 11 is 0. The van der Waals surface area contributed by atoms with Crippen LogP contribution in [0.5, 0.6) is 0 Å². The topological polar surface area (TPSA) is 61.9 Å². The summed E-state index contributed by atoms with van der Waals surface area (Å²) in [5, 5.41) is 6.82. The molecule has 0 spiro atoms. The zero-order valence-electron chi connectivity index (χ0n) is 18.7. The summed E-state index contributed by atoms with van der Waals surface area (Å²) in [5.74, 6) is 0.270. The molecular formula is C25H27F3N4O. The number of aromatic amines is 1. The first-order valence-corrected chi connectivity index (χ1v) is 11.2. The Morgan fingerprint density at radius 3 is 2.70 bits per heavy atom. The molecule has 174 valence electrons. The summed E-state index contributed by atoms with van der Waals surface area (Å²) in [5.41, 5.74) is 3.18. The maximum absolute atomic E-state index is 13.7. The summed E-state index contributed by atoms with van der Waals surface area (Å²) < 4.78 is 38.5. The van der Waals surface area contributed by atoms with Crippen LogP contribution in [0.4, 0.5) is 13.2 Å². The Kier molecular flexibility index (Phi) is 6.54. The fourth-order valence-electron chi connectivity index (χ4n) is 4.62. The Bertz CT molecular complexity index is 1090. The monoisotopic (exact) mass is 456 g/mol. The summed E-state index contributed by atoms with van der Waals surface area (Å²) in [6.45, 7) is 4.76. The van der Waals surface area contributed by atoms with Gasteiger partial charge in [0.25, 0.3) is 5.91 Å². The molecule has 3 heterocycles. The highest BCUT2D eigenvalue weighted by Crippen LogP contribution is 2.32. The third kappa shape index (κ3) is 5.10. The summed E-state index contributed by atoms with van der Waals surface area (Å²) in [6.07, 6.45) is 3.06. The molecule has 4 rings (SSSR count). The molecule has 3 aromatic rings. The minimum absolute atomic E-state index is 0.00643. The van der Waals surface area contributed by atoms with Crippen LogP contribution in [0.1, 0.15) is 53.4 Å². The van der Waals surface area contributed by atoms with Crippen LogP contribution < -0.4 is 0 Å². The molecule has 1 aromatic carbocycles.